The molecule has 1 aromatic heterocycles. The van der Waals surface area contributed by atoms with Gasteiger partial charge in [-0.25, -0.2) is 4.79 Å². The van der Waals surface area contributed by atoms with Gasteiger partial charge < -0.3 is 10.0 Å². The van der Waals surface area contributed by atoms with E-state index in [0.29, 0.717) is 6.42 Å². The molecule has 182 valence electrons. The highest BCUT2D eigenvalue weighted by Crippen LogP contribution is 2.43. The van der Waals surface area contributed by atoms with Crippen molar-refractivity contribution in [1.29, 1.82) is 0 Å². The van der Waals surface area contributed by atoms with Crippen molar-refractivity contribution < 1.29 is 14.7 Å². The first-order valence-electron chi connectivity index (χ1n) is 12.4. The Morgan fingerprint density at radius 2 is 1.82 bits per heavy atom. The summed E-state index contributed by atoms with van der Waals surface area (Å²) in [5, 5.41) is 9.97. The van der Waals surface area contributed by atoms with E-state index >= 15 is 0 Å². The van der Waals surface area contributed by atoms with Crippen LogP contribution < -0.4 is 4.90 Å². The predicted molar refractivity (Wildman–Crippen MR) is 134 cm³/mol. The Morgan fingerprint density at radius 1 is 1.12 bits per heavy atom. The van der Waals surface area contributed by atoms with Crippen molar-refractivity contribution in [2.75, 3.05) is 18.0 Å². The summed E-state index contributed by atoms with van der Waals surface area (Å²) in [6.07, 6.45) is 5.36. The molecular formula is C27H36N4O3. The highest BCUT2D eigenvalue weighted by molar-refractivity contribution is 5.94. The molecule has 0 bridgehead atoms. The van der Waals surface area contributed by atoms with Crippen LogP contribution >= 0.6 is 0 Å². The zero-order chi connectivity index (χ0) is 24.4. The normalized spacial score (nSPS) is 20.8. The number of piperidine rings is 1. The fraction of sp³-hybridized carbons (Fsp3) is 0.519. The minimum Gasteiger partial charge on any atom is -0.465 e. The van der Waals surface area contributed by atoms with Crippen LogP contribution in [0, 0.1) is 0 Å². The molecule has 2 aromatic rings. The molecule has 1 N–H and O–H groups in total. The van der Waals surface area contributed by atoms with Gasteiger partial charge in [-0.15, -0.1) is 0 Å². The summed E-state index contributed by atoms with van der Waals surface area (Å²) >= 11 is 0. The van der Waals surface area contributed by atoms with Crippen LogP contribution in [0.4, 0.5) is 10.5 Å². The standard InChI is InChI=1S/C27H36N4O3/c1-18(2)30(27(33)34)26-14-19(3)31(20(4)32)25-11-9-21(15-24(25)26)22-8-10-23(28-16-22)17-29-12-6-5-7-13-29/h8-11,15-16,18-19,26H,5-7,12-14,17H2,1-4H3,(H,33,34)/t19-,26+/m0/s1. The number of nitrogens with zero attached hydrogens (tertiary/aromatic N) is 4. The van der Waals surface area contributed by atoms with Crippen molar-refractivity contribution >= 4 is 17.7 Å². The average Bonchev–Trinajstić information content (AvgIpc) is 2.79. The lowest BCUT2D eigenvalue weighted by atomic mass is 9.88. The van der Waals surface area contributed by atoms with E-state index in [1.807, 2.05) is 45.2 Å². The molecule has 2 aliphatic heterocycles. The number of amides is 2. The monoisotopic (exact) mass is 464 g/mol. The van der Waals surface area contributed by atoms with E-state index in [4.69, 9.17) is 4.98 Å². The predicted octanol–water partition coefficient (Wildman–Crippen LogP) is 5.31. The third-order valence-corrected chi connectivity index (χ3v) is 7.10. The molecule has 34 heavy (non-hydrogen) atoms. The van der Waals surface area contributed by atoms with Crippen molar-refractivity contribution in [3.63, 3.8) is 0 Å². The Bertz CT molecular complexity index is 1030. The molecule has 2 atom stereocenters. The summed E-state index contributed by atoms with van der Waals surface area (Å²) in [5.41, 5.74) is 4.70. The number of benzene rings is 1. The van der Waals surface area contributed by atoms with Crippen LogP contribution in [0.3, 0.4) is 0 Å². The summed E-state index contributed by atoms with van der Waals surface area (Å²) < 4.78 is 0. The van der Waals surface area contributed by atoms with Crippen LogP contribution in [0.2, 0.25) is 0 Å². The number of carboxylic acid groups (broad SMARTS) is 1. The number of hydrogen-bond acceptors (Lipinski definition) is 4. The van der Waals surface area contributed by atoms with E-state index in [1.165, 1.54) is 24.2 Å². The number of likely N-dealkylation sites (tertiary alicyclic amines) is 1. The van der Waals surface area contributed by atoms with Gasteiger partial charge in [-0.1, -0.05) is 18.6 Å². The van der Waals surface area contributed by atoms with Gasteiger partial charge in [0.05, 0.1) is 11.7 Å². The van der Waals surface area contributed by atoms with E-state index in [2.05, 4.69) is 17.0 Å². The van der Waals surface area contributed by atoms with Gasteiger partial charge in [0.2, 0.25) is 5.91 Å². The molecule has 3 heterocycles. The maximum Gasteiger partial charge on any atom is 0.408 e. The molecule has 4 rings (SSSR count). The Kier molecular flexibility index (Phi) is 7.22. The number of fused-ring (bicyclic) bond motifs is 1. The Labute approximate surface area is 202 Å². The van der Waals surface area contributed by atoms with Gasteiger partial charge in [0, 0.05) is 43.0 Å². The average molecular weight is 465 g/mol. The third-order valence-electron chi connectivity index (χ3n) is 7.10. The van der Waals surface area contributed by atoms with Crippen LogP contribution in [0.25, 0.3) is 11.1 Å². The first kappa shape index (κ1) is 24.2. The number of anilines is 1. The lowest BCUT2D eigenvalue weighted by Crippen LogP contribution is -2.48. The van der Waals surface area contributed by atoms with E-state index in [-0.39, 0.29) is 24.0 Å². The minimum atomic E-state index is -0.941. The zero-order valence-corrected chi connectivity index (χ0v) is 20.7. The maximum absolute atomic E-state index is 12.5. The fourth-order valence-corrected chi connectivity index (χ4v) is 5.51. The molecule has 2 aliphatic rings. The molecule has 1 aromatic carbocycles. The molecule has 0 radical (unpaired) electrons. The summed E-state index contributed by atoms with van der Waals surface area (Å²) in [6.45, 7) is 10.5. The second-order valence-corrected chi connectivity index (χ2v) is 9.92. The highest BCUT2D eigenvalue weighted by Gasteiger charge is 2.38. The molecule has 0 spiro atoms. The fourth-order valence-electron chi connectivity index (χ4n) is 5.51. The molecule has 1 fully saturated rings. The number of carbonyl (C=O) groups is 2. The molecule has 2 amide bonds. The molecule has 1 saturated heterocycles. The van der Waals surface area contributed by atoms with Crippen LogP contribution in [-0.4, -0.2) is 57.1 Å². The molecule has 0 aliphatic carbocycles. The lowest BCUT2D eigenvalue weighted by Gasteiger charge is -2.43. The third kappa shape index (κ3) is 4.94. The van der Waals surface area contributed by atoms with Crippen molar-refractivity contribution in [2.24, 2.45) is 0 Å². The highest BCUT2D eigenvalue weighted by atomic mass is 16.4. The quantitative estimate of drug-likeness (QED) is 0.649. The van der Waals surface area contributed by atoms with Crippen molar-refractivity contribution in [2.45, 2.75) is 78.0 Å². The summed E-state index contributed by atoms with van der Waals surface area (Å²) in [5.74, 6) is -0.0323. The number of pyridine rings is 1. The molecule has 7 heteroatoms. The maximum atomic E-state index is 12.5. The van der Waals surface area contributed by atoms with E-state index < -0.39 is 6.09 Å². The molecule has 7 nitrogen and oxygen atoms in total. The summed E-state index contributed by atoms with van der Waals surface area (Å²) in [4.78, 5) is 35.1. The van der Waals surface area contributed by atoms with Crippen LogP contribution in [0.1, 0.15) is 70.7 Å². The topological polar surface area (TPSA) is 77.0 Å². The van der Waals surface area contributed by atoms with Gasteiger partial charge in [0.15, 0.2) is 0 Å². The number of rotatable bonds is 5. The van der Waals surface area contributed by atoms with Crippen molar-refractivity contribution in [3.05, 3.63) is 47.8 Å². The number of carbonyl (C=O) groups excluding carboxylic acids is 1. The van der Waals surface area contributed by atoms with Crippen LogP contribution in [0.15, 0.2) is 36.5 Å². The number of hydrogen-bond donors (Lipinski definition) is 1. The first-order valence-corrected chi connectivity index (χ1v) is 12.4. The largest absolute Gasteiger partial charge is 0.465 e. The van der Waals surface area contributed by atoms with Gasteiger partial charge in [0.25, 0.3) is 0 Å². The second kappa shape index (κ2) is 10.1. The zero-order valence-electron chi connectivity index (χ0n) is 20.7. The Morgan fingerprint density at radius 3 is 2.41 bits per heavy atom. The van der Waals surface area contributed by atoms with Crippen molar-refractivity contribution in [1.82, 2.24) is 14.8 Å². The molecule has 0 unspecified atom stereocenters. The first-order chi connectivity index (χ1) is 16.3. The van der Waals surface area contributed by atoms with E-state index in [9.17, 15) is 14.7 Å². The molecule has 0 saturated carbocycles. The SMILES string of the molecule is CC(=O)N1c2ccc(-c3ccc(CN4CCCCC4)nc3)cc2[C@H](N(C(=O)O)C(C)C)C[C@@H]1C. The molecular weight excluding hydrogens is 428 g/mol. The van der Waals surface area contributed by atoms with E-state index in [1.54, 1.807) is 11.8 Å². The second-order valence-electron chi connectivity index (χ2n) is 9.92. The summed E-state index contributed by atoms with van der Waals surface area (Å²) in [6, 6.07) is 9.61. The van der Waals surface area contributed by atoms with Gasteiger partial charge >= 0.3 is 6.09 Å². The van der Waals surface area contributed by atoms with Gasteiger partial charge in [-0.3, -0.25) is 19.6 Å². The van der Waals surface area contributed by atoms with Gasteiger partial charge in [-0.05, 0) is 82.4 Å². The van der Waals surface area contributed by atoms with Gasteiger partial charge in [-0.2, -0.15) is 0 Å². The Hall–Kier alpha value is -2.93. The smallest absolute Gasteiger partial charge is 0.408 e. The van der Waals surface area contributed by atoms with Gasteiger partial charge in [0.1, 0.15) is 0 Å². The van der Waals surface area contributed by atoms with E-state index in [0.717, 1.165) is 47.7 Å². The summed E-state index contributed by atoms with van der Waals surface area (Å²) in [7, 11) is 0. The Balaban J connectivity index is 1.67. The number of aromatic nitrogens is 1. The van der Waals surface area contributed by atoms with Crippen LogP contribution in [0.5, 0.6) is 0 Å². The van der Waals surface area contributed by atoms with Crippen molar-refractivity contribution in [3.8, 4) is 11.1 Å². The minimum absolute atomic E-state index is 0.0323. The van der Waals surface area contributed by atoms with Crippen LogP contribution in [-0.2, 0) is 11.3 Å². The lowest BCUT2D eigenvalue weighted by molar-refractivity contribution is -0.117.